The van der Waals surface area contributed by atoms with Gasteiger partial charge in [0.05, 0.1) is 14.2 Å². The van der Waals surface area contributed by atoms with Crippen molar-refractivity contribution in [2.24, 2.45) is 0 Å². The van der Waals surface area contributed by atoms with Crippen LogP contribution in [0.15, 0.2) is 17.3 Å². The Morgan fingerprint density at radius 3 is 2.38 bits per heavy atom. The fraction of sp³-hybridized carbons (Fsp3) is 0.500. The molecule has 21 heavy (non-hydrogen) atoms. The fourth-order valence-corrected chi connectivity index (χ4v) is 1.21. The van der Waals surface area contributed by atoms with Crippen molar-refractivity contribution in [3.05, 3.63) is 17.3 Å². The van der Waals surface area contributed by atoms with Gasteiger partial charge in [-0.25, -0.2) is 4.79 Å². The van der Waals surface area contributed by atoms with Gasteiger partial charge in [-0.1, -0.05) is 25.2 Å². The van der Waals surface area contributed by atoms with Gasteiger partial charge >= 0.3 is 0 Å². The molecule has 1 N–H and O–H groups in total. The van der Waals surface area contributed by atoms with Gasteiger partial charge in [-0.2, -0.15) is 0 Å². The first-order valence-corrected chi connectivity index (χ1v) is 6.50. The Balaban J connectivity index is 4.36. The third-order valence-electron chi connectivity index (χ3n) is 2.26. The van der Waals surface area contributed by atoms with E-state index in [0.717, 1.165) is 19.3 Å². The van der Waals surface area contributed by atoms with Crippen LogP contribution in [0.4, 0.5) is 0 Å². The number of methoxy groups -OCH3 is 2. The molecule has 5 heteroatoms. The molecule has 0 aromatic rings. The minimum Gasteiger partial charge on any atom is -0.498 e. The van der Waals surface area contributed by atoms with E-state index in [9.17, 15) is 9.90 Å². The maximum Gasteiger partial charge on any atom is 0.251 e. The Bertz CT molecular complexity index is 504. The predicted molar refractivity (Wildman–Crippen MR) is 78.8 cm³/mol. The molecule has 114 valence electrons. The molecule has 5 nitrogen and oxygen atoms in total. The summed E-state index contributed by atoms with van der Waals surface area (Å²) in [6.07, 6.45) is 3.06. The number of hydrogen-bond acceptors (Lipinski definition) is 5. The average Bonchev–Trinajstić information content (AvgIpc) is 2.50. The molecule has 0 aliphatic heterocycles. The molecule has 0 amide bonds. The van der Waals surface area contributed by atoms with Gasteiger partial charge in [0, 0.05) is 6.42 Å². The zero-order valence-electron chi connectivity index (χ0n) is 12.6. The van der Waals surface area contributed by atoms with E-state index < -0.39 is 5.76 Å². The highest BCUT2D eigenvalue weighted by atomic mass is 16.5. The van der Waals surface area contributed by atoms with Gasteiger partial charge in [-0.15, -0.1) is 5.92 Å². The standard InChI is InChI=1S/C16H20O5/c1-4-5-6-7-8-11-21-12-9-10-14(18)16(20-3)15(13-17)19-2/h18H,4-6,11-12H2,1-3H3/b16-14-. The molecule has 0 bridgehead atoms. The van der Waals surface area contributed by atoms with Crippen LogP contribution in [0.5, 0.6) is 0 Å². The SMILES string of the molecule is CCCCC#CCOCC#C/C(O)=C(/OC)C(=C=O)OC. The Morgan fingerprint density at radius 1 is 1.10 bits per heavy atom. The van der Waals surface area contributed by atoms with Crippen LogP contribution in [0, 0.1) is 23.7 Å². The maximum atomic E-state index is 10.6. The van der Waals surface area contributed by atoms with Crippen molar-refractivity contribution in [3.63, 3.8) is 0 Å². The van der Waals surface area contributed by atoms with Gasteiger partial charge in [-0.05, 0) is 12.3 Å². The highest BCUT2D eigenvalue weighted by Gasteiger charge is 2.12. The number of carbonyl (C=O) groups excluding carboxylic acids is 1. The van der Waals surface area contributed by atoms with Crippen molar-refractivity contribution in [1.82, 2.24) is 0 Å². The first-order valence-electron chi connectivity index (χ1n) is 6.50. The summed E-state index contributed by atoms with van der Waals surface area (Å²) in [4.78, 5) is 10.6. The molecule has 0 atom stereocenters. The van der Waals surface area contributed by atoms with E-state index in [1.165, 1.54) is 20.2 Å². The van der Waals surface area contributed by atoms with E-state index in [4.69, 9.17) is 14.2 Å². The Labute approximate surface area is 125 Å². The zero-order chi connectivity index (χ0) is 15.9. The second-order valence-corrected chi connectivity index (χ2v) is 3.77. The summed E-state index contributed by atoms with van der Waals surface area (Å²) in [5, 5.41) is 9.66. The molecule has 0 saturated carbocycles. The van der Waals surface area contributed by atoms with Gasteiger partial charge in [0.2, 0.25) is 11.5 Å². The second-order valence-electron chi connectivity index (χ2n) is 3.77. The van der Waals surface area contributed by atoms with E-state index in [-0.39, 0.29) is 24.7 Å². The molecule has 0 aromatic carbocycles. The summed E-state index contributed by atoms with van der Waals surface area (Å²) in [6, 6.07) is 0. The summed E-state index contributed by atoms with van der Waals surface area (Å²) in [6.45, 7) is 2.50. The molecular weight excluding hydrogens is 272 g/mol. The summed E-state index contributed by atoms with van der Waals surface area (Å²) in [5.74, 6) is 11.5. The molecule has 0 aliphatic rings. The van der Waals surface area contributed by atoms with Crippen molar-refractivity contribution >= 4 is 5.94 Å². The number of allylic oxidation sites excluding steroid dienone is 1. The average molecular weight is 292 g/mol. The number of aliphatic hydroxyl groups is 1. The maximum absolute atomic E-state index is 10.6. The third-order valence-corrected chi connectivity index (χ3v) is 2.26. The zero-order valence-corrected chi connectivity index (χ0v) is 12.6. The molecular formula is C16H20O5. The van der Waals surface area contributed by atoms with Crippen LogP contribution < -0.4 is 0 Å². The predicted octanol–water partition coefficient (Wildman–Crippen LogP) is 1.98. The lowest BCUT2D eigenvalue weighted by Gasteiger charge is -2.05. The van der Waals surface area contributed by atoms with Gasteiger partial charge in [0.15, 0.2) is 5.94 Å². The van der Waals surface area contributed by atoms with E-state index in [1.807, 2.05) is 0 Å². The minimum atomic E-state index is -0.421. The van der Waals surface area contributed by atoms with Gasteiger partial charge < -0.3 is 19.3 Å². The van der Waals surface area contributed by atoms with Crippen LogP contribution in [-0.2, 0) is 19.0 Å². The molecule has 0 radical (unpaired) electrons. The topological polar surface area (TPSA) is 65.0 Å². The molecule has 0 unspecified atom stereocenters. The smallest absolute Gasteiger partial charge is 0.251 e. The highest BCUT2D eigenvalue weighted by molar-refractivity contribution is 5.57. The largest absolute Gasteiger partial charge is 0.498 e. The summed E-state index contributed by atoms with van der Waals surface area (Å²) in [7, 11) is 2.55. The lowest BCUT2D eigenvalue weighted by atomic mass is 10.2. The highest BCUT2D eigenvalue weighted by Crippen LogP contribution is 2.11. The van der Waals surface area contributed by atoms with Gasteiger partial charge in [0.25, 0.3) is 5.76 Å². The molecule has 0 aromatic heterocycles. The van der Waals surface area contributed by atoms with Crippen LogP contribution in [0.1, 0.15) is 26.2 Å². The summed E-state index contributed by atoms with van der Waals surface area (Å²) < 4.78 is 14.7. The van der Waals surface area contributed by atoms with Crippen molar-refractivity contribution in [2.45, 2.75) is 26.2 Å². The normalized spacial score (nSPS) is 10.0. The van der Waals surface area contributed by atoms with Crippen LogP contribution in [0.3, 0.4) is 0 Å². The van der Waals surface area contributed by atoms with Crippen LogP contribution in [-0.4, -0.2) is 38.5 Å². The number of unbranched alkanes of at least 4 members (excludes halogenated alkanes) is 2. The first-order chi connectivity index (χ1) is 10.2. The number of aliphatic hydroxyl groups excluding tert-OH is 1. The lowest BCUT2D eigenvalue weighted by Crippen LogP contribution is -2.00. The minimum absolute atomic E-state index is 0.108. The Hall–Kier alpha value is -2.33. The van der Waals surface area contributed by atoms with Crippen molar-refractivity contribution < 1.29 is 24.1 Å². The van der Waals surface area contributed by atoms with E-state index in [0.29, 0.717) is 0 Å². The van der Waals surface area contributed by atoms with E-state index in [2.05, 4.69) is 30.6 Å². The number of rotatable bonds is 7. The summed E-state index contributed by atoms with van der Waals surface area (Å²) >= 11 is 0. The van der Waals surface area contributed by atoms with Crippen LogP contribution >= 0.6 is 0 Å². The third kappa shape index (κ3) is 8.44. The Kier molecular flexibility index (Phi) is 11.3. The molecule has 0 saturated heterocycles. The molecule has 0 fully saturated rings. The van der Waals surface area contributed by atoms with Crippen molar-refractivity contribution in [1.29, 1.82) is 0 Å². The first kappa shape index (κ1) is 18.7. The number of ether oxygens (including phenoxy) is 3. The van der Waals surface area contributed by atoms with E-state index >= 15 is 0 Å². The summed E-state index contributed by atoms with van der Waals surface area (Å²) in [5.41, 5.74) is 0. The van der Waals surface area contributed by atoms with Crippen molar-refractivity contribution in [3.8, 4) is 23.7 Å². The molecule has 0 spiro atoms. The number of hydrogen-bond donors (Lipinski definition) is 1. The van der Waals surface area contributed by atoms with E-state index in [1.54, 1.807) is 0 Å². The Morgan fingerprint density at radius 2 is 1.81 bits per heavy atom. The fourth-order valence-electron chi connectivity index (χ4n) is 1.21. The molecule has 0 heterocycles. The van der Waals surface area contributed by atoms with Crippen LogP contribution in [0.2, 0.25) is 0 Å². The van der Waals surface area contributed by atoms with Crippen LogP contribution in [0.25, 0.3) is 0 Å². The van der Waals surface area contributed by atoms with Gasteiger partial charge in [-0.3, -0.25) is 0 Å². The van der Waals surface area contributed by atoms with Gasteiger partial charge in [0.1, 0.15) is 13.2 Å². The second kappa shape index (κ2) is 12.7. The lowest BCUT2D eigenvalue weighted by molar-refractivity contribution is 0.203. The monoisotopic (exact) mass is 292 g/mol. The molecule has 0 aliphatic carbocycles. The quantitative estimate of drug-likeness (QED) is 0.255. The van der Waals surface area contributed by atoms with Crippen molar-refractivity contribution in [2.75, 3.05) is 27.4 Å². The molecule has 0 rings (SSSR count).